The number of nitrogens with two attached hydrogens (primary N) is 1. The van der Waals surface area contributed by atoms with Gasteiger partial charge in [0.05, 0.1) is 27.4 Å². The van der Waals surface area contributed by atoms with E-state index < -0.39 is 40.7 Å². The van der Waals surface area contributed by atoms with Crippen molar-refractivity contribution in [2.75, 3.05) is 7.04 Å². The van der Waals surface area contributed by atoms with Crippen molar-refractivity contribution in [1.29, 1.82) is 0 Å². The van der Waals surface area contributed by atoms with Gasteiger partial charge in [-0.15, -0.1) is 0 Å². The SMILES string of the molecule is [2H]C([2H])([2H])Oc1ccc(-c2cc(C(F)F)nn2-c2ccc(S(N)(=O)=O)cc2)cc1F. The van der Waals surface area contributed by atoms with E-state index in [0.29, 0.717) is 0 Å². The lowest BCUT2D eigenvalue weighted by Crippen LogP contribution is -2.12. The average molecular weight is 400 g/mol. The highest BCUT2D eigenvalue weighted by Crippen LogP contribution is 2.31. The highest BCUT2D eigenvalue weighted by Gasteiger charge is 2.19. The van der Waals surface area contributed by atoms with E-state index in [4.69, 9.17) is 9.25 Å². The molecule has 0 unspecified atom stereocenters. The first-order chi connectivity index (χ1) is 13.8. The molecule has 1 aromatic heterocycles. The van der Waals surface area contributed by atoms with Crippen LogP contribution in [-0.4, -0.2) is 25.2 Å². The number of sulfonamides is 1. The van der Waals surface area contributed by atoms with Gasteiger partial charge in [-0.25, -0.2) is 31.4 Å². The van der Waals surface area contributed by atoms with Gasteiger partial charge in [0.2, 0.25) is 10.0 Å². The molecule has 142 valence electrons. The fourth-order valence-corrected chi connectivity index (χ4v) is 2.94. The molecular weight excluding hydrogens is 383 g/mol. The van der Waals surface area contributed by atoms with Crippen molar-refractivity contribution in [3.8, 4) is 22.7 Å². The van der Waals surface area contributed by atoms with Crippen LogP contribution >= 0.6 is 0 Å². The number of hydrogen-bond acceptors (Lipinski definition) is 4. The Morgan fingerprint density at radius 1 is 1.19 bits per heavy atom. The monoisotopic (exact) mass is 400 g/mol. The van der Waals surface area contributed by atoms with Gasteiger partial charge < -0.3 is 4.74 Å². The predicted octanol–water partition coefficient (Wildman–Crippen LogP) is 3.27. The summed E-state index contributed by atoms with van der Waals surface area (Å²) in [6.07, 6.45) is -2.92. The van der Waals surface area contributed by atoms with Gasteiger partial charge in [-0.3, -0.25) is 0 Å². The average Bonchev–Trinajstić information content (AvgIpc) is 3.07. The maximum absolute atomic E-state index is 14.3. The van der Waals surface area contributed by atoms with Crippen LogP contribution < -0.4 is 9.88 Å². The minimum Gasteiger partial charge on any atom is -0.494 e. The van der Waals surface area contributed by atoms with Gasteiger partial charge in [-0.05, 0) is 48.5 Å². The summed E-state index contributed by atoms with van der Waals surface area (Å²) in [6, 6.07) is 9.24. The zero-order chi connectivity index (χ0) is 22.3. The molecule has 0 saturated heterocycles. The maximum atomic E-state index is 14.3. The van der Waals surface area contributed by atoms with Crippen molar-refractivity contribution in [2.24, 2.45) is 5.14 Å². The van der Waals surface area contributed by atoms with E-state index in [0.717, 1.165) is 22.9 Å². The van der Waals surface area contributed by atoms with Crippen LogP contribution in [0.1, 0.15) is 16.2 Å². The summed E-state index contributed by atoms with van der Waals surface area (Å²) in [5.74, 6) is -1.55. The summed E-state index contributed by atoms with van der Waals surface area (Å²) in [4.78, 5) is -0.189. The zero-order valence-corrected chi connectivity index (χ0v) is 14.3. The minimum atomic E-state index is -3.96. The molecule has 3 rings (SSSR count). The van der Waals surface area contributed by atoms with Crippen LogP contribution in [0.4, 0.5) is 13.2 Å². The molecule has 27 heavy (non-hydrogen) atoms. The molecule has 0 radical (unpaired) electrons. The van der Waals surface area contributed by atoms with Gasteiger partial charge >= 0.3 is 0 Å². The lowest BCUT2D eigenvalue weighted by molar-refractivity contribution is 0.145. The number of nitrogens with zero attached hydrogens (tertiary/aromatic N) is 2. The Bertz CT molecular complexity index is 1180. The highest BCUT2D eigenvalue weighted by molar-refractivity contribution is 7.89. The fourth-order valence-electron chi connectivity index (χ4n) is 2.43. The second kappa shape index (κ2) is 7.05. The molecule has 0 spiro atoms. The molecule has 0 atom stereocenters. The van der Waals surface area contributed by atoms with Gasteiger partial charge in [0.25, 0.3) is 6.43 Å². The third-order valence-corrected chi connectivity index (χ3v) is 4.63. The van der Waals surface area contributed by atoms with Crippen molar-refractivity contribution in [3.63, 3.8) is 0 Å². The van der Waals surface area contributed by atoms with E-state index in [9.17, 15) is 21.6 Å². The standard InChI is InChI=1S/C17H14F3N3O3S/c1-26-16-7-2-10(8-13(16)18)15-9-14(17(19)20)22-23(15)11-3-5-12(6-4-11)27(21,24)25/h2-9,17H,1H3,(H2,21,24,25)/i1D3. The molecule has 2 aromatic carbocycles. The van der Waals surface area contributed by atoms with Gasteiger partial charge in [0.1, 0.15) is 5.69 Å². The molecule has 0 aliphatic heterocycles. The number of rotatable bonds is 5. The number of benzene rings is 2. The van der Waals surface area contributed by atoms with Crippen LogP contribution in [0.3, 0.4) is 0 Å². The number of ether oxygens (including phenoxy) is 1. The summed E-state index contributed by atoms with van der Waals surface area (Å²) < 4.78 is 90.3. The number of methoxy groups -OCH3 is 1. The number of primary sulfonamides is 1. The molecule has 0 saturated carbocycles. The van der Waals surface area contributed by atoms with E-state index in [2.05, 4.69) is 9.84 Å². The summed E-state index contributed by atoms with van der Waals surface area (Å²) in [5.41, 5.74) is -0.204. The first-order valence-corrected chi connectivity index (χ1v) is 8.90. The summed E-state index contributed by atoms with van der Waals surface area (Å²) in [7, 11) is -6.82. The van der Waals surface area contributed by atoms with Crippen LogP contribution in [0.25, 0.3) is 16.9 Å². The molecule has 3 aromatic rings. The van der Waals surface area contributed by atoms with E-state index in [1.165, 1.54) is 30.3 Å². The molecule has 6 nitrogen and oxygen atoms in total. The maximum Gasteiger partial charge on any atom is 0.282 e. The third kappa shape index (κ3) is 3.81. The smallest absolute Gasteiger partial charge is 0.282 e. The molecule has 0 fully saturated rings. The van der Waals surface area contributed by atoms with Crippen molar-refractivity contribution >= 4 is 10.0 Å². The molecule has 0 amide bonds. The van der Waals surface area contributed by atoms with Crippen LogP contribution in [0.15, 0.2) is 53.4 Å². The van der Waals surface area contributed by atoms with Crippen LogP contribution in [0.5, 0.6) is 5.75 Å². The van der Waals surface area contributed by atoms with Crippen molar-refractivity contribution in [1.82, 2.24) is 9.78 Å². The molecule has 0 aliphatic rings. The van der Waals surface area contributed by atoms with Crippen molar-refractivity contribution < 1.29 is 30.4 Å². The zero-order valence-electron chi connectivity index (χ0n) is 16.4. The first-order valence-electron chi connectivity index (χ1n) is 8.85. The van der Waals surface area contributed by atoms with E-state index in [-0.39, 0.29) is 21.8 Å². The third-order valence-electron chi connectivity index (χ3n) is 3.70. The molecule has 1 heterocycles. The van der Waals surface area contributed by atoms with E-state index >= 15 is 0 Å². The fraction of sp³-hybridized carbons (Fsp3) is 0.118. The van der Waals surface area contributed by atoms with Gasteiger partial charge in [-0.2, -0.15) is 5.10 Å². The molecule has 0 aliphatic carbocycles. The van der Waals surface area contributed by atoms with Gasteiger partial charge in [0.15, 0.2) is 11.6 Å². The van der Waals surface area contributed by atoms with Gasteiger partial charge in [0, 0.05) is 5.56 Å². The topological polar surface area (TPSA) is 87.2 Å². The van der Waals surface area contributed by atoms with Crippen molar-refractivity contribution in [3.05, 3.63) is 60.0 Å². The molecule has 10 heteroatoms. The Kier molecular flexibility index (Phi) is 3.97. The highest BCUT2D eigenvalue weighted by atomic mass is 32.2. The quantitative estimate of drug-likeness (QED) is 0.712. The first kappa shape index (κ1) is 15.2. The van der Waals surface area contributed by atoms with Crippen LogP contribution in [-0.2, 0) is 10.0 Å². The van der Waals surface area contributed by atoms with Crippen LogP contribution in [0.2, 0.25) is 0 Å². The minimum absolute atomic E-state index is 0.0630. The number of aromatic nitrogens is 2. The molecular formula is C17H14F3N3O3S. The van der Waals surface area contributed by atoms with E-state index in [1.54, 1.807) is 0 Å². The van der Waals surface area contributed by atoms with E-state index in [1.807, 2.05) is 0 Å². The summed E-state index contributed by atoms with van der Waals surface area (Å²) >= 11 is 0. The summed E-state index contributed by atoms with van der Waals surface area (Å²) in [5, 5.41) is 8.84. The second-order valence-corrected chi connectivity index (χ2v) is 7.01. The van der Waals surface area contributed by atoms with Crippen molar-refractivity contribution in [2.45, 2.75) is 11.3 Å². The normalized spacial score (nSPS) is 13.9. The van der Waals surface area contributed by atoms with Crippen LogP contribution in [0, 0.1) is 5.82 Å². The molecule has 2 N–H and O–H groups in total. The Balaban J connectivity index is 2.08. The lowest BCUT2D eigenvalue weighted by Gasteiger charge is -2.09. The number of hydrogen-bond donors (Lipinski definition) is 1. The Morgan fingerprint density at radius 3 is 2.44 bits per heavy atom. The number of alkyl halides is 2. The Labute approximate surface area is 157 Å². The Hall–Kier alpha value is -2.85. The molecule has 0 bridgehead atoms. The largest absolute Gasteiger partial charge is 0.494 e. The summed E-state index contributed by atoms with van der Waals surface area (Å²) in [6.45, 7) is 0. The van der Waals surface area contributed by atoms with Gasteiger partial charge in [-0.1, -0.05) is 0 Å². The second-order valence-electron chi connectivity index (χ2n) is 5.45. The lowest BCUT2D eigenvalue weighted by atomic mass is 10.1. The predicted molar refractivity (Wildman–Crippen MR) is 91.8 cm³/mol. The Morgan fingerprint density at radius 2 is 1.89 bits per heavy atom. The number of halogens is 3.